The summed E-state index contributed by atoms with van der Waals surface area (Å²) in [7, 11) is 0. The van der Waals surface area contributed by atoms with Crippen LogP contribution in [0.5, 0.6) is 0 Å². The maximum Gasteiger partial charge on any atom is 0.408 e. The first-order valence-electron chi connectivity index (χ1n) is 9.30. The summed E-state index contributed by atoms with van der Waals surface area (Å²) in [6, 6.07) is 7.04. The average Bonchev–Trinajstić information content (AvgIpc) is 2.58. The number of nitrogens with one attached hydrogen (secondary N) is 2. The zero-order valence-corrected chi connectivity index (χ0v) is 18.7. The van der Waals surface area contributed by atoms with E-state index < -0.39 is 23.7 Å². The number of ether oxygens (including phenoxy) is 1. The lowest BCUT2D eigenvalue weighted by Crippen LogP contribution is -2.43. The SMILES string of the molecule is CC(C)(C)OC(=O)N[C@@H](CCCCNC(=O)CCc1ccc(I)cc1)C(=O)O. The van der Waals surface area contributed by atoms with E-state index in [-0.39, 0.29) is 12.3 Å². The molecule has 0 heterocycles. The molecular formula is C20H29IN2O5. The number of benzene rings is 1. The second-order valence-electron chi connectivity index (χ2n) is 7.51. The molecule has 28 heavy (non-hydrogen) atoms. The minimum atomic E-state index is -1.10. The number of unbranched alkanes of at least 4 members (excludes halogenated alkanes) is 1. The number of aryl methyl sites for hydroxylation is 1. The van der Waals surface area contributed by atoms with Crippen LogP contribution < -0.4 is 10.6 Å². The molecule has 8 heteroatoms. The number of carbonyl (C=O) groups is 3. The van der Waals surface area contributed by atoms with Crippen LogP contribution in [0.25, 0.3) is 0 Å². The Morgan fingerprint density at radius 1 is 1.14 bits per heavy atom. The number of amides is 2. The van der Waals surface area contributed by atoms with Gasteiger partial charge < -0.3 is 20.5 Å². The molecule has 0 fully saturated rings. The van der Waals surface area contributed by atoms with Gasteiger partial charge in [-0.25, -0.2) is 9.59 Å². The van der Waals surface area contributed by atoms with Crippen LogP contribution >= 0.6 is 22.6 Å². The summed E-state index contributed by atoms with van der Waals surface area (Å²) < 4.78 is 6.24. The quantitative estimate of drug-likeness (QED) is 0.334. The third kappa shape index (κ3) is 11.1. The molecule has 2 amide bonds. The van der Waals surface area contributed by atoms with Gasteiger partial charge in [0.15, 0.2) is 0 Å². The fraction of sp³-hybridized carbons (Fsp3) is 0.550. The smallest absolute Gasteiger partial charge is 0.408 e. The highest BCUT2D eigenvalue weighted by Gasteiger charge is 2.23. The van der Waals surface area contributed by atoms with Crippen molar-refractivity contribution in [1.82, 2.24) is 10.6 Å². The van der Waals surface area contributed by atoms with Crippen molar-refractivity contribution in [3.63, 3.8) is 0 Å². The summed E-state index contributed by atoms with van der Waals surface area (Å²) in [5, 5.41) is 14.4. The van der Waals surface area contributed by atoms with Gasteiger partial charge >= 0.3 is 12.1 Å². The van der Waals surface area contributed by atoms with Gasteiger partial charge in [-0.2, -0.15) is 0 Å². The Hall–Kier alpha value is -1.84. The van der Waals surface area contributed by atoms with Gasteiger partial charge in [0.1, 0.15) is 11.6 Å². The van der Waals surface area contributed by atoms with E-state index in [9.17, 15) is 19.5 Å². The molecule has 0 unspecified atom stereocenters. The number of hydrogen-bond donors (Lipinski definition) is 3. The highest BCUT2D eigenvalue weighted by molar-refractivity contribution is 14.1. The molecule has 1 atom stereocenters. The van der Waals surface area contributed by atoms with Crippen molar-refractivity contribution in [3.05, 3.63) is 33.4 Å². The topological polar surface area (TPSA) is 105 Å². The molecule has 0 aliphatic rings. The van der Waals surface area contributed by atoms with Gasteiger partial charge in [-0.1, -0.05) is 12.1 Å². The molecule has 1 aromatic carbocycles. The minimum Gasteiger partial charge on any atom is -0.480 e. The molecule has 0 radical (unpaired) electrons. The van der Waals surface area contributed by atoms with Crippen LogP contribution in [0.15, 0.2) is 24.3 Å². The van der Waals surface area contributed by atoms with Gasteiger partial charge in [0.25, 0.3) is 0 Å². The Labute approximate surface area is 179 Å². The lowest BCUT2D eigenvalue weighted by atomic mass is 10.1. The lowest BCUT2D eigenvalue weighted by molar-refractivity contribution is -0.139. The molecule has 0 aliphatic heterocycles. The van der Waals surface area contributed by atoms with Gasteiger partial charge in [0.2, 0.25) is 5.91 Å². The van der Waals surface area contributed by atoms with Crippen molar-refractivity contribution in [2.24, 2.45) is 0 Å². The Morgan fingerprint density at radius 2 is 1.79 bits per heavy atom. The third-order valence-electron chi connectivity index (χ3n) is 3.78. The van der Waals surface area contributed by atoms with E-state index in [1.807, 2.05) is 24.3 Å². The van der Waals surface area contributed by atoms with Crippen LogP contribution in [0.4, 0.5) is 4.79 Å². The summed E-state index contributed by atoms with van der Waals surface area (Å²) in [6.45, 7) is 5.61. The zero-order chi connectivity index (χ0) is 21.2. The number of carboxylic acid groups (broad SMARTS) is 1. The second-order valence-corrected chi connectivity index (χ2v) is 8.75. The summed E-state index contributed by atoms with van der Waals surface area (Å²) in [5.74, 6) is -1.13. The largest absolute Gasteiger partial charge is 0.480 e. The van der Waals surface area contributed by atoms with Gasteiger partial charge in [-0.15, -0.1) is 0 Å². The van der Waals surface area contributed by atoms with Crippen molar-refractivity contribution >= 4 is 40.6 Å². The Kier molecular flexibility index (Phi) is 10.3. The van der Waals surface area contributed by atoms with E-state index in [2.05, 4.69) is 33.2 Å². The molecule has 0 spiro atoms. The Morgan fingerprint density at radius 3 is 2.36 bits per heavy atom. The van der Waals surface area contributed by atoms with Crippen LogP contribution in [-0.4, -0.2) is 41.3 Å². The number of aliphatic carboxylic acids is 1. The van der Waals surface area contributed by atoms with Crippen LogP contribution in [0, 0.1) is 3.57 Å². The summed E-state index contributed by atoms with van der Waals surface area (Å²) >= 11 is 2.24. The van der Waals surface area contributed by atoms with Crippen molar-refractivity contribution in [2.75, 3.05) is 6.54 Å². The van der Waals surface area contributed by atoms with Crippen molar-refractivity contribution in [1.29, 1.82) is 0 Å². The fourth-order valence-electron chi connectivity index (χ4n) is 2.41. The average molecular weight is 504 g/mol. The van der Waals surface area contributed by atoms with Gasteiger partial charge in [-0.05, 0) is 86.7 Å². The van der Waals surface area contributed by atoms with E-state index in [1.54, 1.807) is 20.8 Å². The second kappa shape index (κ2) is 11.9. The maximum absolute atomic E-state index is 11.9. The van der Waals surface area contributed by atoms with Crippen molar-refractivity contribution in [3.8, 4) is 0 Å². The first-order chi connectivity index (χ1) is 13.1. The lowest BCUT2D eigenvalue weighted by Gasteiger charge is -2.22. The van der Waals surface area contributed by atoms with Crippen LogP contribution in [-0.2, 0) is 20.7 Å². The van der Waals surface area contributed by atoms with E-state index in [0.29, 0.717) is 32.2 Å². The molecule has 156 valence electrons. The summed E-state index contributed by atoms with van der Waals surface area (Å²) in [4.78, 5) is 34.9. The van der Waals surface area contributed by atoms with Gasteiger partial charge in [-0.3, -0.25) is 4.79 Å². The van der Waals surface area contributed by atoms with Crippen LogP contribution in [0.1, 0.15) is 52.0 Å². The Balaban J connectivity index is 2.22. The highest BCUT2D eigenvalue weighted by atomic mass is 127. The molecule has 0 saturated carbocycles. The number of alkyl carbamates (subject to hydrolysis) is 1. The standard InChI is InChI=1S/C20H29IN2O5/c1-20(2,3)28-19(27)23-16(18(25)26)6-4-5-13-22-17(24)12-9-14-7-10-15(21)11-8-14/h7-8,10-11,16H,4-6,9,12-13H2,1-3H3,(H,22,24)(H,23,27)(H,25,26)/t16-/m0/s1. The van der Waals surface area contributed by atoms with Crippen LogP contribution in [0.2, 0.25) is 0 Å². The first kappa shape index (κ1) is 24.2. The van der Waals surface area contributed by atoms with Gasteiger partial charge in [0, 0.05) is 16.5 Å². The molecule has 0 bridgehead atoms. The van der Waals surface area contributed by atoms with Crippen molar-refractivity contribution in [2.45, 2.75) is 64.5 Å². The molecule has 7 nitrogen and oxygen atoms in total. The molecule has 0 aromatic heterocycles. The number of carbonyl (C=O) groups excluding carboxylic acids is 2. The van der Waals surface area contributed by atoms with E-state index >= 15 is 0 Å². The highest BCUT2D eigenvalue weighted by Crippen LogP contribution is 2.09. The predicted octanol–water partition coefficient (Wildman–Crippen LogP) is 3.49. The summed E-state index contributed by atoms with van der Waals surface area (Å²) in [5.41, 5.74) is 0.434. The number of carboxylic acids is 1. The van der Waals surface area contributed by atoms with Crippen molar-refractivity contribution < 1.29 is 24.2 Å². The van der Waals surface area contributed by atoms with E-state index in [1.165, 1.54) is 0 Å². The molecule has 0 aliphatic carbocycles. The normalized spacial score (nSPS) is 12.1. The van der Waals surface area contributed by atoms with Crippen LogP contribution in [0.3, 0.4) is 0 Å². The molecule has 1 aromatic rings. The summed E-state index contributed by atoms with van der Waals surface area (Å²) in [6.07, 6.45) is 1.82. The molecular weight excluding hydrogens is 475 g/mol. The number of rotatable bonds is 10. The Bertz CT molecular complexity index is 656. The monoisotopic (exact) mass is 504 g/mol. The predicted molar refractivity (Wildman–Crippen MR) is 115 cm³/mol. The molecule has 0 saturated heterocycles. The molecule has 1 rings (SSSR count). The van der Waals surface area contributed by atoms with E-state index in [0.717, 1.165) is 9.13 Å². The fourth-order valence-corrected chi connectivity index (χ4v) is 2.77. The minimum absolute atomic E-state index is 0.0276. The van der Waals surface area contributed by atoms with Gasteiger partial charge in [0.05, 0.1) is 0 Å². The maximum atomic E-state index is 11.9. The molecule has 3 N–H and O–H groups in total. The zero-order valence-electron chi connectivity index (χ0n) is 16.6. The number of hydrogen-bond acceptors (Lipinski definition) is 4. The number of halogens is 1. The van der Waals surface area contributed by atoms with E-state index in [4.69, 9.17) is 4.74 Å². The third-order valence-corrected chi connectivity index (χ3v) is 4.50. The first-order valence-corrected chi connectivity index (χ1v) is 10.4.